The van der Waals surface area contributed by atoms with Crippen LogP contribution in [0.25, 0.3) is 0 Å². The molecule has 0 spiro atoms. The van der Waals surface area contributed by atoms with Crippen LogP contribution in [0.4, 0.5) is 0 Å². The van der Waals surface area contributed by atoms with Gasteiger partial charge in [0.15, 0.2) is 5.03 Å². The zero-order valence-electron chi connectivity index (χ0n) is 11.7. The molecule has 0 aromatic carbocycles. The van der Waals surface area contributed by atoms with Gasteiger partial charge in [-0.15, -0.1) is 0 Å². The zero-order chi connectivity index (χ0) is 14.0. The Morgan fingerprint density at radius 3 is 2.32 bits per heavy atom. The summed E-state index contributed by atoms with van der Waals surface area (Å²) in [5.41, 5.74) is 0. The second-order valence-corrected chi connectivity index (χ2v) is 6.86. The van der Waals surface area contributed by atoms with Gasteiger partial charge in [-0.3, -0.25) is 0 Å². The van der Waals surface area contributed by atoms with Gasteiger partial charge < -0.3 is 9.88 Å². The van der Waals surface area contributed by atoms with E-state index >= 15 is 0 Å². The fourth-order valence-corrected chi connectivity index (χ4v) is 3.78. The van der Waals surface area contributed by atoms with Gasteiger partial charge in [-0.2, -0.15) is 0 Å². The fraction of sp³-hybridized carbons (Fsp3) is 0.750. The first kappa shape index (κ1) is 14.5. The molecule has 0 radical (unpaired) electrons. The van der Waals surface area contributed by atoms with Crippen LogP contribution in [-0.4, -0.2) is 37.1 Å². The van der Waals surface area contributed by atoms with Gasteiger partial charge >= 0.3 is 0 Å². The quantitative estimate of drug-likeness (QED) is 0.847. The molecule has 0 saturated heterocycles. The molecular weight excluding hydrogens is 264 g/mol. The van der Waals surface area contributed by atoms with Crippen molar-refractivity contribution in [3.63, 3.8) is 0 Å². The Bertz CT molecular complexity index is 510. The number of imidazole rings is 1. The van der Waals surface area contributed by atoms with Gasteiger partial charge in [0.05, 0.1) is 0 Å². The molecule has 7 heteroatoms. The summed E-state index contributed by atoms with van der Waals surface area (Å²) in [7, 11) is 0.253. The molecule has 2 rings (SSSR count). The molecule has 0 unspecified atom stereocenters. The van der Waals surface area contributed by atoms with Crippen LogP contribution >= 0.6 is 0 Å². The Labute approximate surface area is 114 Å². The summed E-state index contributed by atoms with van der Waals surface area (Å²) in [6.45, 7) is 1.79. The lowest BCUT2D eigenvalue weighted by Gasteiger charge is -2.28. The largest absolute Gasteiger partial charge is 0.337 e. The highest BCUT2D eigenvalue weighted by atomic mass is 32.2. The Hall–Kier alpha value is -0.920. The van der Waals surface area contributed by atoms with Gasteiger partial charge in [-0.25, -0.2) is 18.1 Å². The van der Waals surface area contributed by atoms with Crippen molar-refractivity contribution in [2.24, 2.45) is 7.05 Å². The minimum atomic E-state index is -3.49. The molecule has 0 atom stereocenters. The maximum absolute atomic E-state index is 12.2. The summed E-state index contributed by atoms with van der Waals surface area (Å²) in [4.78, 5) is 4.08. The summed E-state index contributed by atoms with van der Waals surface area (Å²) in [5.74, 6) is 0.694. The molecule has 0 amide bonds. The summed E-state index contributed by atoms with van der Waals surface area (Å²) < 4.78 is 28.9. The second-order valence-electron chi connectivity index (χ2n) is 5.20. The standard InChI is InChI=1S/C12H22N4O2S/c1-9-14-12(8-16(9)3)19(17,18)15-11-6-4-10(13-2)5-7-11/h8,10-11,13,15H,4-7H2,1-3H3. The third-order valence-corrected chi connectivity index (χ3v) is 5.21. The number of nitrogens with one attached hydrogen (secondary N) is 2. The van der Waals surface area contributed by atoms with Crippen molar-refractivity contribution in [3.8, 4) is 0 Å². The van der Waals surface area contributed by atoms with Crippen LogP contribution in [0, 0.1) is 6.92 Å². The predicted molar refractivity (Wildman–Crippen MR) is 73.4 cm³/mol. The van der Waals surface area contributed by atoms with Crippen molar-refractivity contribution in [3.05, 3.63) is 12.0 Å². The molecule has 0 aliphatic heterocycles. The van der Waals surface area contributed by atoms with Crippen LogP contribution in [0.1, 0.15) is 31.5 Å². The van der Waals surface area contributed by atoms with Crippen LogP contribution in [0.15, 0.2) is 11.2 Å². The average molecular weight is 286 g/mol. The number of hydrogen-bond acceptors (Lipinski definition) is 4. The van der Waals surface area contributed by atoms with Crippen molar-refractivity contribution >= 4 is 10.0 Å². The predicted octanol–water partition coefficient (Wildman–Crippen LogP) is 0.537. The molecule has 1 heterocycles. The maximum Gasteiger partial charge on any atom is 0.259 e. The molecule has 19 heavy (non-hydrogen) atoms. The van der Waals surface area contributed by atoms with Gasteiger partial charge in [0.25, 0.3) is 10.0 Å². The van der Waals surface area contributed by atoms with Gasteiger partial charge in [0.1, 0.15) is 5.82 Å². The summed E-state index contributed by atoms with van der Waals surface area (Å²) in [6.07, 6.45) is 5.31. The van der Waals surface area contributed by atoms with Gasteiger partial charge in [0.2, 0.25) is 0 Å². The van der Waals surface area contributed by atoms with E-state index in [1.807, 2.05) is 7.05 Å². The second kappa shape index (κ2) is 5.60. The molecular formula is C12H22N4O2S. The molecule has 1 aliphatic rings. The van der Waals surface area contributed by atoms with E-state index in [9.17, 15) is 8.42 Å². The first-order valence-corrected chi connectivity index (χ1v) is 8.10. The number of sulfonamides is 1. The summed E-state index contributed by atoms with van der Waals surface area (Å²) >= 11 is 0. The van der Waals surface area contributed by atoms with Gasteiger partial charge in [-0.05, 0) is 39.7 Å². The van der Waals surface area contributed by atoms with E-state index in [2.05, 4.69) is 15.0 Å². The Kier molecular flexibility index (Phi) is 4.27. The molecule has 2 N–H and O–H groups in total. The molecule has 0 bridgehead atoms. The molecule has 1 fully saturated rings. The van der Waals surface area contributed by atoms with Crippen LogP contribution in [0.3, 0.4) is 0 Å². The fourth-order valence-electron chi connectivity index (χ4n) is 2.44. The van der Waals surface area contributed by atoms with Crippen molar-refractivity contribution in [1.82, 2.24) is 19.6 Å². The smallest absolute Gasteiger partial charge is 0.259 e. The van der Waals surface area contributed by atoms with Crippen molar-refractivity contribution < 1.29 is 8.42 Å². The van der Waals surface area contributed by atoms with E-state index in [1.54, 1.807) is 24.7 Å². The monoisotopic (exact) mass is 286 g/mol. The lowest BCUT2D eigenvalue weighted by molar-refractivity contribution is 0.342. The van der Waals surface area contributed by atoms with Crippen LogP contribution in [-0.2, 0) is 17.1 Å². The Morgan fingerprint density at radius 2 is 1.84 bits per heavy atom. The van der Waals surface area contributed by atoms with Gasteiger partial charge in [-0.1, -0.05) is 0 Å². The highest BCUT2D eigenvalue weighted by molar-refractivity contribution is 7.89. The normalized spacial score (nSPS) is 24.6. The lowest BCUT2D eigenvalue weighted by Crippen LogP contribution is -2.41. The van der Waals surface area contributed by atoms with Crippen LogP contribution < -0.4 is 10.0 Å². The van der Waals surface area contributed by atoms with Crippen molar-refractivity contribution in [1.29, 1.82) is 0 Å². The molecule has 108 valence electrons. The number of rotatable bonds is 4. The topological polar surface area (TPSA) is 76.0 Å². The maximum atomic E-state index is 12.2. The van der Waals surface area contributed by atoms with E-state index in [4.69, 9.17) is 0 Å². The SMILES string of the molecule is CNC1CCC(NS(=O)(=O)c2cn(C)c(C)n2)CC1. The van der Waals surface area contributed by atoms with E-state index in [-0.39, 0.29) is 11.1 Å². The Balaban J connectivity index is 2.02. The number of hydrogen-bond donors (Lipinski definition) is 2. The molecule has 1 aromatic heterocycles. The molecule has 1 saturated carbocycles. The summed E-state index contributed by atoms with van der Waals surface area (Å²) in [6, 6.07) is 0.537. The molecule has 6 nitrogen and oxygen atoms in total. The number of nitrogens with zero attached hydrogens (tertiary/aromatic N) is 2. The lowest BCUT2D eigenvalue weighted by atomic mass is 9.92. The first-order chi connectivity index (χ1) is 8.92. The molecule has 1 aliphatic carbocycles. The van der Waals surface area contributed by atoms with E-state index in [0.29, 0.717) is 11.9 Å². The number of aryl methyl sites for hydroxylation is 2. The summed E-state index contributed by atoms with van der Waals surface area (Å²) in [5, 5.41) is 3.35. The Morgan fingerprint density at radius 1 is 1.26 bits per heavy atom. The van der Waals surface area contributed by atoms with E-state index in [1.165, 1.54) is 0 Å². The van der Waals surface area contributed by atoms with Crippen molar-refractivity contribution in [2.75, 3.05) is 7.05 Å². The third kappa shape index (κ3) is 3.34. The van der Waals surface area contributed by atoms with Crippen LogP contribution in [0.5, 0.6) is 0 Å². The average Bonchev–Trinajstić information content (AvgIpc) is 2.71. The highest BCUT2D eigenvalue weighted by Crippen LogP contribution is 2.20. The minimum Gasteiger partial charge on any atom is -0.337 e. The highest BCUT2D eigenvalue weighted by Gasteiger charge is 2.26. The minimum absolute atomic E-state index is 0.0249. The zero-order valence-corrected chi connectivity index (χ0v) is 12.5. The third-order valence-electron chi connectivity index (χ3n) is 3.82. The first-order valence-electron chi connectivity index (χ1n) is 6.62. The molecule has 1 aromatic rings. The number of aromatic nitrogens is 2. The van der Waals surface area contributed by atoms with E-state index < -0.39 is 10.0 Å². The van der Waals surface area contributed by atoms with Crippen LogP contribution in [0.2, 0.25) is 0 Å². The van der Waals surface area contributed by atoms with E-state index in [0.717, 1.165) is 25.7 Å². The van der Waals surface area contributed by atoms with Crippen molar-refractivity contribution in [2.45, 2.75) is 49.7 Å². The van der Waals surface area contributed by atoms with Gasteiger partial charge in [0, 0.05) is 25.3 Å².